The van der Waals surface area contributed by atoms with E-state index in [1.54, 1.807) is 12.1 Å². The molecule has 68 valence electrons. The second-order valence-electron chi connectivity index (χ2n) is 2.64. The van der Waals surface area contributed by atoms with Gasteiger partial charge in [0.2, 0.25) is 0 Å². The van der Waals surface area contributed by atoms with Crippen molar-refractivity contribution in [2.45, 2.75) is 12.8 Å². The van der Waals surface area contributed by atoms with Gasteiger partial charge >= 0.3 is 0 Å². The Morgan fingerprint density at radius 1 is 1.62 bits per heavy atom. The molecule has 0 atom stereocenters. The molecule has 0 N–H and O–H groups in total. The van der Waals surface area contributed by atoms with E-state index in [1.807, 2.05) is 12.2 Å². The second-order valence-corrected chi connectivity index (χ2v) is 2.64. The lowest BCUT2D eigenvalue weighted by atomic mass is 10.1. The molecule has 0 aromatic carbocycles. The molecule has 0 aliphatic rings. The van der Waals surface area contributed by atoms with E-state index in [-0.39, 0.29) is 5.78 Å². The van der Waals surface area contributed by atoms with Crippen molar-refractivity contribution in [2.24, 2.45) is 0 Å². The zero-order valence-electron chi connectivity index (χ0n) is 7.40. The third-order valence-electron chi connectivity index (χ3n) is 1.65. The van der Waals surface area contributed by atoms with Gasteiger partial charge < -0.3 is 4.42 Å². The summed E-state index contributed by atoms with van der Waals surface area (Å²) in [5.41, 5.74) is 0.645. The molecular formula is C11H12O2. The molecule has 0 spiro atoms. The minimum Gasteiger partial charge on any atom is -0.472 e. The number of Topliss-reactive ketones (excluding diaryl/α,β-unsaturated/α-hetero) is 1. The van der Waals surface area contributed by atoms with Gasteiger partial charge in [-0.05, 0) is 12.5 Å². The summed E-state index contributed by atoms with van der Waals surface area (Å²) in [5, 5.41) is 0. The molecule has 0 radical (unpaired) electrons. The Kier molecular flexibility index (Phi) is 3.76. The highest BCUT2D eigenvalue weighted by Gasteiger charge is 2.04. The van der Waals surface area contributed by atoms with Crippen molar-refractivity contribution in [1.82, 2.24) is 0 Å². The van der Waals surface area contributed by atoms with Gasteiger partial charge in [0, 0.05) is 6.42 Å². The Bertz CT molecular complexity index is 294. The summed E-state index contributed by atoms with van der Waals surface area (Å²) < 4.78 is 4.81. The summed E-state index contributed by atoms with van der Waals surface area (Å²) in [5.74, 6) is 0.113. The number of carbonyl (C=O) groups excluding carboxylic acids is 1. The zero-order chi connectivity index (χ0) is 9.52. The predicted molar refractivity (Wildman–Crippen MR) is 51.6 cm³/mol. The number of ketones is 1. The fourth-order valence-corrected chi connectivity index (χ4v) is 0.974. The third kappa shape index (κ3) is 3.11. The molecule has 0 amide bonds. The highest BCUT2D eigenvalue weighted by molar-refractivity contribution is 5.95. The molecule has 0 bridgehead atoms. The maximum absolute atomic E-state index is 11.3. The van der Waals surface area contributed by atoms with Crippen LogP contribution in [0, 0.1) is 0 Å². The van der Waals surface area contributed by atoms with Crippen molar-refractivity contribution >= 4 is 5.78 Å². The summed E-state index contributed by atoms with van der Waals surface area (Å²) in [7, 11) is 0. The molecule has 2 nitrogen and oxygen atoms in total. The fraction of sp³-hybridized carbons (Fsp3) is 0.182. The largest absolute Gasteiger partial charge is 0.472 e. The van der Waals surface area contributed by atoms with Crippen molar-refractivity contribution in [3.05, 3.63) is 49.0 Å². The standard InChI is InChI=1S/C11H12O2/c1-2-3-4-5-6-11(12)10-7-8-13-9-10/h2-4,7-9H,1,5-6H2. The third-order valence-corrected chi connectivity index (χ3v) is 1.65. The number of hydrogen-bond acceptors (Lipinski definition) is 2. The van der Waals surface area contributed by atoms with E-state index in [9.17, 15) is 4.79 Å². The van der Waals surface area contributed by atoms with Crippen LogP contribution in [0.4, 0.5) is 0 Å². The number of carbonyl (C=O) groups is 1. The molecular weight excluding hydrogens is 164 g/mol. The monoisotopic (exact) mass is 176 g/mol. The van der Waals surface area contributed by atoms with E-state index >= 15 is 0 Å². The highest BCUT2D eigenvalue weighted by Crippen LogP contribution is 2.06. The molecule has 0 aliphatic heterocycles. The van der Waals surface area contributed by atoms with Crippen molar-refractivity contribution in [2.75, 3.05) is 0 Å². The Hall–Kier alpha value is -1.57. The van der Waals surface area contributed by atoms with Crippen LogP contribution in [0.1, 0.15) is 23.2 Å². The number of furan rings is 1. The SMILES string of the molecule is C=CC=CCCC(=O)c1ccoc1. The number of hydrogen-bond donors (Lipinski definition) is 0. The van der Waals surface area contributed by atoms with E-state index in [4.69, 9.17) is 4.42 Å². The Morgan fingerprint density at radius 2 is 2.46 bits per heavy atom. The lowest BCUT2D eigenvalue weighted by molar-refractivity contribution is 0.0983. The van der Waals surface area contributed by atoms with E-state index in [0.717, 1.165) is 6.42 Å². The molecule has 0 aliphatic carbocycles. The molecule has 0 fully saturated rings. The summed E-state index contributed by atoms with van der Waals surface area (Å²) in [6.45, 7) is 3.54. The van der Waals surface area contributed by atoms with E-state index in [1.165, 1.54) is 12.5 Å². The first-order valence-electron chi connectivity index (χ1n) is 4.17. The van der Waals surface area contributed by atoms with Crippen LogP contribution in [0.25, 0.3) is 0 Å². The molecule has 0 saturated heterocycles. The smallest absolute Gasteiger partial charge is 0.166 e. The maximum atomic E-state index is 11.3. The van der Waals surface area contributed by atoms with Gasteiger partial charge in [-0.3, -0.25) is 4.79 Å². The van der Waals surface area contributed by atoms with Gasteiger partial charge in [0.25, 0.3) is 0 Å². The van der Waals surface area contributed by atoms with Crippen molar-refractivity contribution in [3.63, 3.8) is 0 Å². The minimum atomic E-state index is 0.113. The summed E-state index contributed by atoms with van der Waals surface area (Å²) in [4.78, 5) is 11.3. The highest BCUT2D eigenvalue weighted by atomic mass is 16.3. The van der Waals surface area contributed by atoms with E-state index in [0.29, 0.717) is 12.0 Å². The molecule has 0 saturated carbocycles. The van der Waals surface area contributed by atoms with Crippen molar-refractivity contribution in [1.29, 1.82) is 0 Å². The van der Waals surface area contributed by atoms with Gasteiger partial charge in [-0.2, -0.15) is 0 Å². The molecule has 2 heteroatoms. The Morgan fingerprint density at radius 3 is 3.08 bits per heavy atom. The maximum Gasteiger partial charge on any atom is 0.166 e. The normalized spacial score (nSPS) is 10.5. The molecule has 1 rings (SSSR count). The van der Waals surface area contributed by atoms with Gasteiger partial charge in [0.1, 0.15) is 6.26 Å². The lowest BCUT2D eigenvalue weighted by Gasteiger charge is -1.91. The number of rotatable bonds is 5. The van der Waals surface area contributed by atoms with Gasteiger partial charge in [-0.25, -0.2) is 0 Å². The zero-order valence-corrected chi connectivity index (χ0v) is 7.40. The first kappa shape index (κ1) is 9.52. The van der Waals surface area contributed by atoms with Crippen LogP contribution in [0.2, 0.25) is 0 Å². The van der Waals surface area contributed by atoms with E-state index < -0.39 is 0 Å². The van der Waals surface area contributed by atoms with Gasteiger partial charge in [0.15, 0.2) is 5.78 Å². The first-order valence-corrected chi connectivity index (χ1v) is 4.17. The Balaban J connectivity index is 2.34. The number of allylic oxidation sites excluding steroid dienone is 3. The van der Waals surface area contributed by atoms with Crippen LogP contribution in [-0.4, -0.2) is 5.78 Å². The molecule has 0 unspecified atom stereocenters. The first-order chi connectivity index (χ1) is 6.34. The summed E-state index contributed by atoms with van der Waals surface area (Å²) in [6, 6.07) is 1.68. The van der Waals surface area contributed by atoms with Crippen LogP contribution in [0.5, 0.6) is 0 Å². The second kappa shape index (κ2) is 5.14. The molecule has 1 aromatic heterocycles. The van der Waals surface area contributed by atoms with Crippen molar-refractivity contribution in [3.8, 4) is 0 Å². The van der Waals surface area contributed by atoms with Gasteiger partial charge in [-0.15, -0.1) is 0 Å². The average molecular weight is 176 g/mol. The average Bonchev–Trinajstić information content (AvgIpc) is 2.65. The Labute approximate surface area is 77.6 Å². The van der Waals surface area contributed by atoms with Crippen LogP contribution in [0.15, 0.2) is 47.8 Å². The molecule has 1 aromatic rings. The fourth-order valence-electron chi connectivity index (χ4n) is 0.974. The van der Waals surface area contributed by atoms with Gasteiger partial charge in [0.05, 0.1) is 11.8 Å². The van der Waals surface area contributed by atoms with Crippen LogP contribution < -0.4 is 0 Å². The molecule has 1 heterocycles. The van der Waals surface area contributed by atoms with E-state index in [2.05, 4.69) is 6.58 Å². The van der Waals surface area contributed by atoms with Crippen LogP contribution in [-0.2, 0) is 0 Å². The summed E-state index contributed by atoms with van der Waals surface area (Å²) in [6.07, 6.45) is 9.70. The lowest BCUT2D eigenvalue weighted by Crippen LogP contribution is -1.95. The quantitative estimate of drug-likeness (QED) is 0.510. The molecule has 13 heavy (non-hydrogen) atoms. The van der Waals surface area contributed by atoms with Crippen LogP contribution >= 0.6 is 0 Å². The van der Waals surface area contributed by atoms with Gasteiger partial charge in [-0.1, -0.05) is 24.8 Å². The van der Waals surface area contributed by atoms with Crippen LogP contribution in [0.3, 0.4) is 0 Å². The minimum absolute atomic E-state index is 0.113. The predicted octanol–water partition coefficient (Wildman–Crippen LogP) is 2.98. The topological polar surface area (TPSA) is 30.2 Å². The van der Waals surface area contributed by atoms with Crippen molar-refractivity contribution < 1.29 is 9.21 Å². The summed E-state index contributed by atoms with van der Waals surface area (Å²) >= 11 is 0.